The summed E-state index contributed by atoms with van der Waals surface area (Å²) in [5.74, 6) is -0.129. The molecule has 134 valence electrons. The van der Waals surface area contributed by atoms with Gasteiger partial charge in [0.05, 0.1) is 10.9 Å². The quantitative estimate of drug-likeness (QED) is 0.790. The van der Waals surface area contributed by atoms with Crippen LogP contribution in [0.15, 0.2) is 47.4 Å². The van der Waals surface area contributed by atoms with Crippen molar-refractivity contribution >= 4 is 38.9 Å². The number of nitrogens with one attached hydrogen (secondary N) is 1. The molecule has 2 aromatic carbocycles. The second kappa shape index (κ2) is 8.21. The van der Waals surface area contributed by atoms with Crippen molar-refractivity contribution in [2.75, 3.05) is 6.26 Å². The van der Waals surface area contributed by atoms with Gasteiger partial charge in [0, 0.05) is 22.7 Å². The van der Waals surface area contributed by atoms with Crippen LogP contribution < -0.4 is 5.32 Å². The number of halogens is 2. The minimum Gasteiger partial charge on any atom is -0.350 e. The minimum absolute atomic E-state index is 0.129. The first-order chi connectivity index (χ1) is 11.7. The average Bonchev–Trinajstić information content (AvgIpc) is 2.53. The number of benzene rings is 2. The van der Waals surface area contributed by atoms with Crippen LogP contribution in [0.25, 0.3) is 0 Å². The summed E-state index contributed by atoms with van der Waals surface area (Å²) in [6.45, 7) is 1.84. The number of carbonyl (C=O) groups excluding carboxylic acids is 1. The molecule has 25 heavy (non-hydrogen) atoms. The second-order valence-electron chi connectivity index (χ2n) is 5.83. The zero-order valence-electron chi connectivity index (χ0n) is 13.9. The van der Waals surface area contributed by atoms with Crippen molar-refractivity contribution < 1.29 is 13.2 Å². The number of hydrogen-bond donors (Lipinski definition) is 1. The highest BCUT2D eigenvalue weighted by atomic mass is 35.5. The Morgan fingerprint density at radius 3 is 2.16 bits per heavy atom. The molecule has 0 saturated carbocycles. The lowest BCUT2D eigenvalue weighted by atomic mass is 10.1. The van der Waals surface area contributed by atoms with Crippen molar-refractivity contribution in [1.29, 1.82) is 0 Å². The van der Waals surface area contributed by atoms with Gasteiger partial charge < -0.3 is 5.32 Å². The SMILES string of the molecule is C[C@@H](NC(=O)CCc1c(Cl)cccc1Cl)c1ccc(S(C)(=O)=O)cc1. The zero-order chi connectivity index (χ0) is 18.6. The number of carbonyl (C=O) groups is 1. The third-order valence-electron chi connectivity index (χ3n) is 3.85. The van der Waals surface area contributed by atoms with Gasteiger partial charge in [0.2, 0.25) is 5.91 Å². The maximum atomic E-state index is 12.2. The number of amides is 1. The second-order valence-corrected chi connectivity index (χ2v) is 8.66. The predicted molar refractivity (Wildman–Crippen MR) is 101 cm³/mol. The maximum Gasteiger partial charge on any atom is 0.220 e. The van der Waals surface area contributed by atoms with Gasteiger partial charge in [0.25, 0.3) is 0 Å². The summed E-state index contributed by atoms with van der Waals surface area (Å²) in [7, 11) is -3.23. The predicted octanol–water partition coefficient (Wildman–Crippen LogP) is 4.21. The van der Waals surface area contributed by atoms with Crippen molar-refractivity contribution in [3.05, 3.63) is 63.6 Å². The van der Waals surface area contributed by atoms with E-state index in [1.54, 1.807) is 30.3 Å². The van der Waals surface area contributed by atoms with E-state index in [9.17, 15) is 13.2 Å². The van der Waals surface area contributed by atoms with Gasteiger partial charge in [0.15, 0.2) is 9.84 Å². The molecular weight excluding hydrogens is 381 g/mol. The van der Waals surface area contributed by atoms with Gasteiger partial charge in [-0.25, -0.2) is 8.42 Å². The van der Waals surface area contributed by atoms with Crippen LogP contribution in [0, 0.1) is 0 Å². The van der Waals surface area contributed by atoms with Gasteiger partial charge in [-0.2, -0.15) is 0 Å². The van der Waals surface area contributed by atoms with E-state index in [1.165, 1.54) is 12.1 Å². The normalized spacial score (nSPS) is 12.6. The van der Waals surface area contributed by atoms with Gasteiger partial charge in [-0.3, -0.25) is 4.79 Å². The highest BCUT2D eigenvalue weighted by Gasteiger charge is 2.13. The molecule has 0 unspecified atom stereocenters. The molecule has 2 rings (SSSR count). The molecule has 1 N–H and O–H groups in total. The van der Waals surface area contributed by atoms with Gasteiger partial charge in [-0.05, 0) is 48.7 Å². The highest BCUT2D eigenvalue weighted by molar-refractivity contribution is 7.90. The molecule has 2 aromatic rings. The van der Waals surface area contributed by atoms with Gasteiger partial charge >= 0.3 is 0 Å². The lowest BCUT2D eigenvalue weighted by molar-refractivity contribution is -0.121. The van der Waals surface area contributed by atoms with E-state index in [0.29, 0.717) is 16.5 Å². The molecule has 0 aliphatic heterocycles. The highest BCUT2D eigenvalue weighted by Crippen LogP contribution is 2.25. The lowest BCUT2D eigenvalue weighted by Gasteiger charge is -2.15. The van der Waals surface area contributed by atoms with E-state index >= 15 is 0 Å². The third kappa shape index (κ3) is 5.46. The molecule has 0 spiro atoms. The molecule has 7 heteroatoms. The average molecular weight is 400 g/mol. The van der Waals surface area contributed by atoms with Crippen LogP contribution in [-0.2, 0) is 21.1 Å². The maximum absolute atomic E-state index is 12.2. The molecule has 0 fully saturated rings. The first-order valence-electron chi connectivity index (χ1n) is 7.70. The third-order valence-corrected chi connectivity index (χ3v) is 5.69. The molecule has 0 bridgehead atoms. The van der Waals surface area contributed by atoms with Crippen molar-refractivity contribution in [3.63, 3.8) is 0 Å². The smallest absolute Gasteiger partial charge is 0.220 e. The Hall–Kier alpha value is -1.56. The fraction of sp³-hybridized carbons (Fsp3) is 0.278. The number of hydrogen-bond acceptors (Lipinski definition) is 3. The van der Waals surface area contributed by atoms with Crippen LogP contribution in [0.4, 0.5) is 0 Å². The van der Waals surface area contributed by atoms with E-state index in [0.717, 1.165) is 17.4 Å². The van der Waals surface area contributed by atoms with Crippen LogP contribution in [0.1, 0.15) is 30.5 Å². The number of sulfone groups is 1. The van der Waals surface area contributed by atoms with E-state index in [1.807, 2.05) is 6.92 Å². The Morgan fingerprint density at radius 1 is 1.08 bits per heavy atom. The molecule has 0 heterocycles. The summed E-state index contributed by atoms with van der Waals surface area (Å²) in [5.41, 5.74) is 1.59. The summed E-state index contributed by atoms with van der Waals surface area (Å²) in [6, 6.07) is 11.5. The van der Waals surface area contributed by atoms with Crippen molar-refractivity contribution in [2.45, 2.75) is 30.7 Å². The van der Waals surface area contributed by atoms with Gasteiger partial charge in [-0.1, -0.05) is 41.4 Å². The van der Waals surface area contributed by atoms with Crippen molar-refractivity contribution in [2.24, 2.45) is 0 Å². The molecule has 0 aliphatic carbocycles. The van der Waals surface area contributed by atoms with E-state index < -0.39 is 9.84 Å². The molecule has 0 aromatic heterocycles. The Morgan fingerprint density at radius 2 is 1.64 bits per heavy atom. The molecule has 4 nitrogen and oxygen atoms in total. The molecule has 0 radical (unpaired) electrons. The summed E-state index contributed by atoms with van der Waals surface area (Å²) >= 11 is 12.2. The van der Waals surface area contributed by atoms with Gasteiger partial charge in [-0.15, -0.1) is 0 Å². The molecule has 0 aliphatic rings. The summed E-state index contributed by atoms with van der Waals surface area (Å²) < 4.78 is 23.0. The fourth-order valence-electron chi connectivity index (χ4n) is 2.41. The largest absolute Gasteiger partial charge is 0.350 e. The van der Waals surface area contributed by atoms with Crippen LogP contribution in [0.2, 0.25) is 10.0 Å². The Kier molecular flexibility index (Phi) is 6.49. The minimum atomic E-state index is -3.23. The molecule has 0 saturated heterocycles. The number of rotatable bonds is 6. The first kappa shape index (κ1) is 19.8. The lowest BCUT2D eigenvalue weighted by Crippen LogP contribution is -2.26. The van der Waals surface area contributed by atoms with Crippen LogP contribution >= 0.6 is 23.2 Å². The monoisotopic (exact) mass is 399 g/mol. The molecule has 1 atom stereocenters. The van der Waals surface area contributed by atoms with E-state index in [2.05, 4.69) is 5.32 Å². The standard InChI is InChI=1S/C18H19Cl2NO3S/c1-12(13-6-8-14(9-7-13)25(2,23)24)21-18(22)11-10-15-16(19)4-3-5-17(15)20/h3-9,12H,10-11H2,1-2H3,(H,21,22)/t12-/m1/s1. The summed E-state index contributed by atoms with van der Waals surface area (Å²) in [6.07, 6.45) is 1.87. The van der Waals surface area contributed by atoms with Gasteiger partial charge in [0.1, 0.15) is 0 Å². The van der Waals surface area contributed by atoms with Crippen LogP contribution in [0.5, 0.6) is 0 Å². The van der Waals surface area contributed by atoms with Crippen LogP contribution in [-0.4, -0.2) is 20.6 Å². The Balaban J connectivity index is 1.96. The van der Waals surface area contributed by atoms with Crippen LogP contribution in [0.3, 0.4) is 0 Å². The van der Waals surface area contributed by atoms with E-state index in [-0.39, 0.29) is 23.3 Å². The van der Waals surface area contributed by atoms with Crippen molar-refractivity contribution in [3.8, 4) is 0 Å². The Bertz CT molecular complexity index is 844. The summed E-state index contributed by atoms with van der Waals surface area (Å²) in [4.78, 5) is 12.4. The molecule has 1 amide bonds. The fourth-order valence-corrected chi connectivity index (χ4v) is 3.63. The topological polar surface area (TPSA) is 63.2 Å². The molecular formula is C18H19Cl2NO3S. The zero-order valence-corrected chi connectivity index (χ0v) is 16.3. The van der Waals surface area contributed by atoms with E-state index in [4.69, 9.17) is 23.2 Å². The van der Waals surface area contributed by atoms with Crippen molar-refractivity contribution in [1.82, 2.24) is 5.32 Å². The summed E-state index contributed by atoms with van der Waals surface area (Å²) in [5, 5.41) is 3.98. The Labute approximate surface area is 158 Å². The first-order valence-corrected chi connectivity index (χ1v) is 10.4.